The summed E-state index contributed by atoms with van der Waals surface area (Å²) in [6, 6.07) is 11.1. The summed E-state index contributed by atoms with van der Waals surface area (Å²) < 4.78 is 11.1. The molecule has 5 heteroatoms. The first kappa shape index (κ1) is 12.9. The third-order valence-electron chi connectivity index (χ3n) is 2.79. The van der Waals surface area contributed by atoms with E-state index in [4.69, 9.17) is 9.15 Å². The van der Waals surface area contributed by atoms with Gasteiger partial charge in [-0.2, -0.15) is 0 Å². The summed E-state index contributed by atoms with van der Waals surface area (Å²) in [7, 11) is 0. The van der Waals surface area contributed by atoms with Gasteiger partial charge >= 0.3 is 5.97 Å². The minimum atomic E-state index is -0.479. The maximum Gasteiger partial charge on any atom is 0.363 e. The molecule has 0 saturated carbocycles. The summed E-state index contributed by atoms with van der Waals surface area (Å²) in [6.07, 6.45) is 1.55. The first-order valence-electron chi connectivity index (χ1n) is 5.97. The zero-order chi connectivity index (χ0) is 14.1. The van der Waals surface area contributed by atoms with E-state index in [1.807, 2.05) is 31.2 Å². The van der Waals surface area contributed by atoms with Gasteiger partial charge in [0.25, 0.3) is 0 Å². The molecule has 1 aliphatic heterocycles. The summed E-state index contributed by atoms with van der Waals surface area (Å²) in [4.78, 5) is 16.0. The molecule has 1 aromatic heterocycles. The Labute approximate surface area is 123 Å². The van der Waals surface area contributed by atoms with Crippen molar-refractivity contribution in [2.75, 3.05) is 0 Å². The number of halogens is 1. The van der Waals surface area contributed by atoms with Gasteiger partial charge in [0.15, 0.2) is 10.4 Å². The van der Waals surface area contributed by atoms with Crippen molar-refractivity contribution in [3.63, 3.8) is 0 Å². The molecule has 2 heterocycles. The molecule has 1 aromatic carbocycles. The molecule has 3 rings (SSSR count). The number of aryl methyl sites for hydroxylation is 1. The zero-order valence-corrected chi connectivity index (χ0v) is 12.2. The number of hydrogen-bond donors (Lipinski definition) is 0. The van der Waals surface area contributed by atoms with Gasteiger partial charge in [0.05, 0.1) is 0 Å². The van der Waals surface area contributed by atoms with Gasteiger partial charge in [0.2, 0.25) is 5.90 Å². The molecule has 2 aromatic rings. The maximum absolute atomic E-state index is 11.8. The maximum atomic E-state index is 11.8. The summed E-state index contributed by atoms with van der Waals surface area (Å²) in [5.74, 6) is 0.373. The van der Waals surface area contributed by atoms with Gasteiger partial charge in [0.1, 0.15) is 5.76 Å². The number of rotatable bonds is 2. The first-order valence-corrected chi connectivity index (χ1v) is 6.76. The Morgan fingerprint density at radius 2 is 1.90 bits per heavy atom. The Kier molecular flexibility index (Phi) is 3.28. The second-order valence-electron chi connectivity index (χ2n) is 4.34. The van der Waals surface area contributed by atoms with Crippen LogP contribution in [0.25, 0.3) is 6.08 Å². The summed E-state index contributed by atoms with van der Waals surface area (Å²) >= 11 is 3.20. The van der Waals surface area contributed by atoms with Crippen molar-refractivity contribution in [2.45, 2.75) is 6.92 Å². The lowest BCUT2D eigenvalue weighted by atomic mass is 10.1. The van der Waals surface area contributed by atoms with Crippen molar-refractivity contribution < 1.29 is 13.9 Å². The Morgan fingerprint density at radius 3 is 2.55 bits per heavy atom. The lowest BCUT2D eigenvalue weighted by Crippen LogP contribution is -2.05. The quantitative estimate of drug-likeness (QED) is 0.622. The fourth-order valence-corrected chi connectivity index (χ4v) is 2.09. The highest BCUT2D eigenvalue weighted by molar-refractivity contribution is 9.10. The van der Waals surface area contributed by atoms with Crippen LogP contribution in [0.4, 0.5) is 0 Å². The molecule has 0 fully saturated rings. The molecule has 0 spiro atoms. The van der Waals surface area contributed by atoms with Crippen LogP contribution in [0.3, 0.4) is 0 Å². The number of carbonyl (C=O) groups is 1. The van der Waals surface area contributed by atoms with E-state index in [0.717, 1.165) is 11.1 Å². The summed E-state index contributed by atoms with van der Waals surface area (Å²) in [6.45, 7) is 1.99. The van der Waals surface area contributed by atoms with Gasteiger partial charge < -0.3 is 9.15 Å². The molecule has 0 radical (unpaired) electrons. The largest absolute Gasteiger partial charge is 0.450 e. The average molecular weight is 332 g/mol. The number of hydrogen-bond acceptors (Lipinski definition) is 4. The third-order valence-corrected chi connectivity index (χ3v) is 3.22. The molecule has 0 bridgehead atoms. The molecule has 0 amide bonds. The van der Waals surface area contributed by atoms with E-state index in [2.05, 4.69) is 20.9 Å². The molecule has 0 N–H and O–H groups in total. The first-order chi connectivity index (χ1) is 9.61. The van der Waals surface area contributed by atoms with E-state index in [0.29, 0.717) is 16.3 Å². The molecular weight excluding hydrogens is 322 g/mol. The van der Waals surface area contributed by atoms with E-state index in [-0.39, 0.29) is 5.70 Å². The van der Waals surface area contributed by atoms with E-state index in [1.165, 1.54) is 0 Å². The number of cyclic esters (lactones) is 1. The number of nitrogens with zero attached hydrogens (tertiary/aromatic N) is 1. The summed E-state index contributed by atoms with van der Waals surface area (Å²) in [5.41, 5.74) is 2.13. The van der Waals surface area contributed by atoms with Crippen LogP contribution in [-0.4, -0.2) is 11.9 Å². The highest BCUT2D eigenvalue weighted by atomic mass is 79.9. The minimum Gasteiger partial charge on any atom is -0.450 e. The number of benzene rings is 1. The SMILES string of the molecule is Cc1ccc(C2=N/C(=C\c3ccc(Br)o3)C(=O)O2)cc1. The lowest BCUT2D eigenvalue weighted by Gasteiger charge is -1.99. The van der Waals surface area contributed by atoms with Gasteiger partial charge in [-0.15, -0.1) is 0 Å². The van der Waals surface area contributed by atoms with Gasteiger partial charge in [-0.05, 0) is 47.1 Å². The van der Waals surface area contributed by atoms with Crippen LogP contribution in [0.15, 0.2) is 56.2 Å². The predicted molar refractivity (Wildman–Crippen MR) is 78.2 cm³/mol. The molecule has 100 valence electrons. The standard InChI is InChI=1S/C15H10BrNO3/c1-9-2-4-10(5-3-9)14-17-12(15(18)20-14)8-11-6-7-13(16)19-11/h2-8H,1H3/b12-8-. The van der Waals surface area contributed by atoms with E-state index in [1.54, 1.807) is 18.2 Å². The number of ether oxygens (including phenoxy) is 1. The van der Waals surface area contributed by atoms with Crippen LogP contribution >= 0.6 is 15.9 Å². The van der Waals surface area contributed by atoms with Crippen LogP contribution in [0.1, 0.15) is 16.9 Å². The van der Waals surface area contributed by atoms with Crippen LogP contribution in [0.5, 0.6) is 0 Å². The molecule has 20 heavy (non-hydrogen) atoms. The highest BCUT2D eigenvalue weighted by Crippen LogP contribution is 2.21. The van der Waals surface area contributed by atoms with Crippen molar-refractivity contribution in [1.29, 1.82) is 0 Å². The molecule has 1 aliphatic rings. The topological polar surface area (TPSA) is 51.8 Å². The molecular formula is C15H10BrNO3. The van der Waals surface area contributed by atoms with Crippen molar-refractivity contribution >= 4 is 33.9 Å². The van der Waals surface area contributed by atoms with Crippen molar-refractivity contribution in [3.8, 4) is 0 Å². The van der Waals surface area contributed by atoms with Crippen LogP contribution < -0.4 is 0 Å². The van der Waals surface area contributed by atoms with Crippen LogP contribution in [-0.2, 0) is 9.53 Å². The number of esters is 1. The smallest absolute Gasteiger partial charge is 0.363 e. The van der Waals surface area contributed by atoms with E-state index in [9.17, 15) is 4.79 Å². The average Bonchev–Trinajstić information content (AvgIpc) is 2.98. The Hall–Kier alpha value is -2.14. The van der Waals surface area contributed by atoms with Crippen molar-refractivity contribution in [2.24, 2.45) is 4.99 Å². The summed E-state index contributed by atoms with van der Waals surface area (Å²) in [5, 5.41) is 0. The Bertz CT molecular complexity index is 726. The predicted octanol–water partition coefficient (Wildman–Crippen LogP) is 3.70. The highest BCUT2D eigenvalue weighted by Gasteiger charge is 2.24. The molecule has 4 nitrogen and oxygen atoms in total. The zero-order valence-electron chi connectivity index (χ0n) is 10.6. The third kappa shape index (κ3) is 2.58. The Morgan fingerprint density at radius 1 is 1.15 bits per heavy atom. The molecule has 0 atom stereocenters. The molecule has 0 aliphatic carbocycles. The lowest BCUT2D eigenvalue weighted by molar-refractivity contribution is -0.129. The number of aliphatic imine (C=N–C) groups is 1. The number of furan rings is 1. The molecule has 0 unspecified atom stereocenters. The monoisotopic (exact) mass is 331 g/mol. The van der Waals surface area contributed by atoms with Gasteiger partial charge in [-0.3, -0.25) is 0 Å². The van der Waals surface area contributed by atoms with Crippen molar-refractivity contribution in [3.05, 3.63) is 63.7 Å². The van der Waals surface area contributed by atoms with Crippen LogP contribution in [0, 0.1) is 6.92 Å². The second-order valence-corrected chi connectivity index (χ2v) is 5.13. The van der Waals surface area contributed by atoms with Crippen molar-refractivity contribution in [1.82, 2.24) is 0 Å². The van der Waals surface area contributed by atoms with Gasteiger partial charge in [0, 0.05) is 11.6 Å². The minimum absolute atomic E-state index is 0.224. The van der Waals surface area contributed by atoms with Crippen LogP contribution in [0.2, 0.25) is 0 Å². The fourth-order valence-electron chi connectivity index (χ4n) is 1.77. The van der Waals surface area contributed by atoms with Gasteiger partial charge in [-0.25, -0.2) is 9.79 Å². The fraction of sp³-hybridized carbons (Fsp3) is 0.0667. The Balaban J connectivity index is 1.92. The number of carbonyl (C=O) groups excluding carboxylic acids is 1. The van der Waals surface area contributed by atoms with Gasteiger partial charge in [-0.1, -0.05) is 17.7 Å². The second kappa shape index (κ2) is 5.09. The van der Waals surface area contributed by atoms with E-state index < -0.39 is 5.97 Å². The van der Waals surface area contributed by atoms with E-state index >= 15 is 0 Å². The molecule has 0 saturated heterocycles. The normalized spacial score (nSPS) is 16.4.